The number of fused-ring (bicyclic) bond motifs is 3. The SMILES string of the molecule is C1=CC2c3c(ccn3-c3ccccc3)C=C3C2c2c1cccc2N3c1ccc2ncccc2n1. The molecule has 4 heterocycles. The van der Waals surface area contributed by atoms with Crippen LogP contribution in [0.4, 0.5) is 11.5 Å². The lowest BCUT2D eigenvalue weighted by Crippen LogP contribution is -2.23. The van der Waals surface area contributed by atoms with Gasteiger partial charge in [-0.3, -0.25) is 9.88 Å². The second-order valence-corrected chi connectivity index (χ2v) is 9.12. The van der Waals surface area contributed by atoms with Crippen molar-refractivity contribution in [2.24, 2.45) is 0 Å². The van der Waals surface area contributed by atoms with Crippen molar-refractivity contribution in [2.75, 3.05) is 4.90 Å². The number of anilines is 2. The minimum absolute atomic E-state index is 0.269. The van der Waals surface area contributed by atoms with Gasteiger partial charge in [0.25, 0.3) is 0 Å². The van der Waals surface area contributed by atoms with Crippen LogP contribution >= 0.6 is 0 Å². The Balaban J connectivity index is 1.38. The zero-order valence-electron chi connectivity index (χ0n) is 18.3. The van der Waals surface area contributed by atoms with Crippen molar-refractivity contribution in [3.63, 3.8) is 0 Å². The van der Waals surface area contributed by atoms with Gasteiger partial charge in [0.2, 0.25) is 0 Å². The minimum atomic E-state index is 0.269. The summed E-state index contributed by atoms with van der Waals surface area (Å²) in [6.07, 6.45) is 11.1. The Kier molecular flexibility index (Phi) is 3.47. The molecule has 2 aliphatic carbocycles. The molecular weight excluding hydrogens is 416 g/mol. The second kappa shape index (κ2) is 6.55. The lowest BCUT2D eigenvalue weighted by atomic mass is 9.74. The van der Waals surface area contributed by atoms with Crippen LogP contribution in [0, 0.1) is 0 Å². The highest BCUT2D eigenvalue weighted by Crippen LogP contribution is 2.59. The van der Waals surface area contributed by atoms with Crippen molar-refractivity contribution in [3.05, 3.63) is 125 Å². The summed E-state index contributed by atoms with van der Waals surface area (Å²) in [5.41, 5.74) is 10.9. The van der Waals surface area contributed by atoms with Crippen molar-refractivity contribution < 1.29 is 0 Å². The number of benzene rings is 2. The Morgan fingerprint density at radius 2 is 1.71 bits per heavy atom. The van der Waals surface area contributed by atoms with E-state index in [-0.39, 0.29) is 11.8 Å². The van der Waals surface area contributed by atoms with Gasteiger partial charge in [0, 0.05) is 41.3 Å². The van der Waals surface area contributed by atoms with Crippen LogP contribution in [0.3, 0.4) is 0 Å². The molecule has 4 heteroatoms. The minimum Gasteiger partial charge on any atom is -0.320 e. The van der Waals surface area contributed by atoms with Gasteiger partial charge in [-0.15, -0.1) is 0 Å². The topological polar surface area (TPSA) is 34.0 Å². The first kappa shape index (κ1) is 18.0. The average Bonchev–Trinajstić information content (AvgIpc) is 3.47. The Labute approximate surface area is 197 Å². The quantitative estimate of drug-likeness (QED) is 0.304. The second-order valence-electron chi connectivity index (χ2n) is 9.12. The Bertz CT molecular complexity index is 1680. The molecule has 0 radical (unpaired) electrons. The third-order valence-electron chi connectivity index (χ3n) is 7.37. The van der Waals surface area contributed by atoms with E-state index in [1.165, 1.54) is 39.5 Å². The van der Waals surface area contributed by atoms with E-state index >= 15 is 0 Å². The van der Waals surface area contributed by atoms with Gasteiger partial charge in [0.05, 0.1) is 16.7 Å². The molecule has 0 saturated carbocycles. The van der Waals surface area contributed by atoms with E-state index in [2.05, 4.69) is 106 Å². The Hall–Kier alpha value is -4.44. The van der Waals surface area contributed by atoms with Crippen LogP contribution in [0.2, 0.25) is 0 Å². The summed E-state index contributed by atoms with van der Waals surface area (Å²) < 4.78 is 2.35. The van der Waals surface area contributed by atoms with Gasteiger partial charge in [-0.1, -0.05) is 42.5 Å². The maximum atomic E-state index is 5.03. The molecule has 0 N–H and O–H groups in total. The summed E-state index contributed by atoms with van der Waals surface area (Å²) >= 11 is 0. The molecule has 1 aliphatic heterocycles. The lowest BCUT2D eigenvalue weighted by Gasteiger charge is -2.33. The van der Waals surface area contributed by atoms with Gasteiger partial charge in [-0.05, 0) is 71.3 Å². The number of aromatic nitrogens is 3. The molecule has 0 amide bonds. The van der Waals surface area contributed by atoms with Gasteiger partial charge in [0.1, 0.15) is 5.82 Å². The lowest BCUT2D eigenvalue weighted by molar-refractivity contribution is 0.668. The third kappa shape index (κ3) is 2.32. The van der Waals surface area contributed by atoms with Gasteiger partial charge >= 0.3 is 0 Å². The largest absolute Gasteiger partial charge is 0.320 e. The van der Waals surface area contributed by atoms with Crippen molar-refractivity contribution >= 4 is 34.7 Å². The van der Waals surface area contributed by atoms with Crippen molar-refractivity contribution in [3.8, 4) is 5.69 Å². The highest BCUT2D eigenvalue weighted by Gasteiger charge is 2.46. The highest BCUT2D eigenvalue weighted by molar-refractivity contribution is 5.89. The van der Waals surface area contributed by atoms with Gasteiger partial charge < -0.3 is 4.57 Å². The Morgan fingerprint density at radius 3 is 2.65 bits per heavy atom. The first-order chi connectivity index (χ1) is 16.9. The normalized spacial score (nSPS) is 19.2. The number of pyridine rings is 2. The molecule has 34 heavy (non-hydrogen) atoms. The summed E-state index contributed by atoms with van der Waals surface area (Å²) in [5.74, 6) is 1.48. The number of hydrogen-bond acceptors (Lipinski definition) is 3. The molecule has 4 nitrogen and oxygen atoms in total. The number of nitrogens with zero attached hydrogens (tertiary/aromatic N) is 4. The molecule has 160 valence electrons. The number of rotatable bonds is 2. The molecule has 0 spiro atoms. The predicted molar refractivity (Wildman–Crippen MR) is 136 cm³/mol. The fraction of sp³-hybridized carbons (Fsp3) is 0.0667. The van der Waals surface area contributed by atoms with Gasteiger partial charge in [-0.25, -0.2) is 4.98 Å². The highest BCUT2D eigenvalue weighted by atomic mass is 15.2. The first-order valence-corrected chi connectivity index (χ1v) is 11.7. The van der Waals surface area contributed by atoms with E-state index < -0.39 is 0 Å². The molecule has 2 aromatic carbocycles. The van der Waals surface area contributed by atoms with Crippen molar-refractivity contribution in [2.45, 2.75) is 11.8 Å². The molecule has 3 aromatic heterocycles. The fourth-order valence-electron chi connectivity index (χ4n) is 6.00. The summed E-state index contributed by atoms with van der Waals surface area (Å²) in [7, 11) is 0. The van der Waals surface area contributed by atoms with Crippen LogP contribution in [0.1, 0.15) is 34.2 Å². The summed E-state index contributed by atoms with van der Waals surface area (Å²) in [5, 5.41) is 0. The summed E-state index contributed by atoms with van der Waals surface area (Å²) in [6.45, 7) is 0. The van der Waals surface area contributed by atoms with Crippen molar-refractivity contribution in [1.29, 1.82) is 0 Å². The maximum Gasteiger partial charge on any atom is 0.138 e. The molecule has 5 aromatic rings. The van der Waals surface area contributed by atoms with Crippen LogP contribution in [0.25, 0.3) is 28.9 Å². The van der Waals surface area contributed by atoms with E-state index in [0.717, 1.165) is 16.9 Å². The van der Waals surface area contributed by atoms with Gasteiger partial charge in [0.15, 0.2) is 0 Å². The molecule has 8 rings (SSSR count). The molecule has 0 bridgehead atoms. The third-order valence-corrected chi connectivity index (χ3v) is 7.37. The average molecular weight is 437 g/mol. The zero-order chi connectivity index (χ0) is 22.2. The Morgan fingerprint density at radius 1 is 0.765 bits per heavy atom. The fourth-order valence-corrected chi connectivity index (χ4v) is 6.00. The maximum absolute atomic E-state index is 5.03. The smallest absolute Gasteiger partial charge is 0.138 e. The van der Waals surface area contributed by atoms with Crippen LogP contribution in [-0.4, -0.2) is 14.5 Å². The van der Waals surface area contributed by atoms with E-state index in [4.69, 9.17) is 4.98 Å². The molecule has 3 aliphatic rings. The predicted octanol–water partition coefficient (Wildman–Crippen LogP) is 6.82. The first-order valence-electron chi connectivity index (χ1n) is 11.7. The molecule has 2 atom stereocenters. The number of hydrogen-bond donors (Lipinski definition) is 0. The van der Waals surface area contributed by atoms with Crippen LogP contribution in [0.5, 0.6) is 0 Å². The van der Waals surface area contributed by atoms with E-state index in [0.29, 0.717) is 0 Å². The number of para-hydroxylation sites is 1. The standard InChI is InChI=1S/C30H20N4/c1-2-7-21(8-3-1)33-17-15-20-18-26-29-22(30(20)33)12-11-19-6-4-10-25(28(19)29)34(26)27-14-13-23-24(32-27)9-5-16-31-23/h1-18,22,29H. The molecule has 2 unspecified atom stereocenters. The van der Waals surface area contributed by atoms with Crippen molar-refractivity contribution in [1.82, 2.24) is 14.5 Å². The van der Waals surface area contributed by atoms with Crippen LogP contribution in [0.15, 0.2) is 103 Å². The van der Waals surface area contributed by atoms with Gasteiger partial charge in [-0.2, -0.15) is 0 Å². The molecule has 0 saturated heterocycles. The summed E-state index contributed by atoms with van der Waals surface area (Å²) in [6, 6.07) is 27.7. The zero-order valence-corrected chi connectivity index (χ0v) is 18.3. The van der Waals surface area contributed by atoms with E-state index in [1.807, 2.05) is 18.3 Å². The molecule has 0 fully saturated rings. The van der Waals surface area contributed by atoms with E-state index in [1.54, 1.807) is 0 Å². The molecular formula is C30H20N4. The monoisotopic (exact) mass is 436 g/mol. The van der Waals surface area contributed by atoms with Crippen LogP contribution in [-0.2, 0) is 0 Å². The number of allylic oxidation sites excluding steroid dienone is 2. The van der Waals surface area contributed by atoms with Crippen LogP contribution < -0.4 is 4.90 Å². The van der Waals surface area contributed by atoms with E-state index in [9.17, 15) is 0 Å². The summed E-state index contributed by atoms with van der Waals surface area (Å²) in [4.78, 5) is 11.9.